The largest absolute Gasteiger partial charge is 0.450 e. The van der Waals surface area contributed by atoms with E-state index in [-0.39, 0.29) is 33.3 Å². The van der Waals surface area contributed by atoms with Gasteiger partial charge in [-0.05, 0) is 24.3 Å². The van der Waals surface area contributed by atoms with E-state index < -0.39 is 22.8 Å². The van der Waals surface area contributed by atoms with E-state index in [0.717, 1.165) is 0 Å². The normalized spacial score (nSPS) is 19.1. The van der Waals surface area contributed by atoms with Crippen molar-refractivity contribution < 1.29 is 14.0 Å². The average molecular weight is 493 g/mol. The highest BCUT2D eigenvalue weighted by atomic mass is 35.5. The molecule has 0 bridgehead atoms. The second-order valence-electron chi connectivity index (χ2n) is 8.59. The lowest BCUT2D eigenvalue weighted by molar-refractivity contribution is -0.121. The minimum absolute atomic E-state index is 0.0321. The summed E-state index contributed by atoms with van der Waals surface area (Å²) in [5, 5.41) is 9.95. The number of rotatable bonds is 2. The van der Waals surface area contributed by atoms with Crippen molar-refractivity contribution in [3.63, 3.8) is 0 Å². The van der Waals surface area contributed by atoms with Gasteiger partial charge in [0.05, 0.1) is 10.9 Å². The Morgan fingerprint density at radius 2 is 1.85 bits per heavy atom. The summed E-state index contributed by atoms with van der Waals surface area (Å²) in [6.07, 6.45) is 0. The Morgan fingerprint density at radius 1 is 1.09 bits per heavy atom. The van der Waals surface area contributed by atoms with E-state index in [1.54, 1.807) is 43.4 Å². The van der Waals surface area contributed by atoms with Crippen LogP contribution in [0.2, 0.25) is 5.02 Å². The van der Waals surface area contributed by atoms with Gasteiger partial charge in [0.2, 0.25) is 10.9 Å². The van der Waals surface area contributed by atoms with Gasteiger partial charge in [-0.1, -0.05) is 55.0 Å². The zero-order valence-electron chi connectivity index (χ0n) is 18.3. The number of aromatic nitrogens is 2. The van der Waals surface area contributed by atoms with E-state index in [0.29, 0.717) is 21.3 Å². The van der Waals surface area contributed by atoms with Gasteiger partial charge in [-0.15, -0.1) is 10.2 Å². The molecule has 4 heterocycles. The first-order valence-electron chi connectivity index (χ1n) is 10.6. The molecule has 1 spiro atoms. The SMILES string of the molecule is CC(C)c1nnc(N2C(=O)c3oc4ccc(Cl)cc4c(=O)c3C23C(=O)N(C)c2ccccc23)s1. The van der Waals surface area contributed by atoms with Crippen molar-refractivity contribution in [3.8, 4) is 0 Å². The molecular weight excluding hydrogens is 476 g/mol. The predicted molar refractivity (Wildman–Crippen MR) is 129 cm³/mol. The van der Waals surface area contributed by atoms with E-state index in [1.165, 1.54) is 27.2 Å². The summed E-state index contributed by atoms with van der Waals surface area (Å²) in [5.74, 6) is -1.18. The standard InChI is InChI=1S/C24H17ClN4O4S/c1-11(2)20-26-27-23(34-20)29-21(31)19-17(18(30)13-10-12(25)8-9-16(13)33-19)24(29)14-6-4-5-7-15(14)28(3)22(24)32/h4-11H,1-3H3. The van der Waals surface area contributed by atoms with Crippen LogP contribution >= 0.6 is 22.9 Å². The second kappa shape index (κ2) is 6.97. The lowest BCUT2D eigenvalue weighted by atomic mass is 9.84. The van der Waals surface area contributed by atoms with Crippen LogP contribution in [0.5, 0.6) is 0 Å². The fourth-order valence-corrected chi connectivity index (χ4v) is 5.86. The smallest absolute Gasteiger partial charge is 0.297 e. The van der Waals surface area contributed by atoms with Crippen LogP contribution in [-0.2, 0) is 10.3 Å². The van der Waals surface area contributed by atoms with Gasteiger partial charge >= 0.3 is 0 Å². The maximum Gasteiger partial charge on any atom is 0.297 e. The van der Waals surface area contributed by atoms with Crippen molar-refractivity contribution >= 4 is 56.5 Å². The van der Waals surface area contributed by atoms with Gasteiger partial charge in [0, 0.05) is 29.2 Å². The zero-order valence-corrected chi connectivity index (χ0v) is 19.9. The van der Waals surface area contributed by atoms with E-state index in [2.05, 4.69) is 10.2 Å². The number of benzene rings is 2. The number of anilines is 2. The Morgan fingerprint density at radius 3 is 2.59 bits per heavy atom. The van der Waals surface area contributed by atoms with Crippen LogP contribution in [0.3, 0.4) is 0 Å². The van der Waals surface area contributed by atoms with Crippen LogP contribution in [0, 0.1) is 0 Å². The number of fused-ring (bicyclic) bond motifs is 5. The Balaban J connectivity index is 1.77. The van der Waals surface area contributed by atoms with Crippen LogP contribution in [-0.4, -0.2) is 29.1 Å². The number of carbonyl (C=O) groups is 2. The lowest BCUT2D eigenvalue weighted by Gasteiger charge is -2.31. The first-order chi connectivity index (χ1) is 16.3. The number of carbonyl (C=O) groups excluding carboxylic acids is 2. The third kappa shape index (κ3) is 2.45. The Hall–Kier alpha value is -3.56. The van der Waals surface area contributed by atoms with Crippen LogP contribution in [0.4, 0.5) is 10.8 Å². The first-order valence-corrected chi connectivity index (χ1v) is 11.8. The van der Waals surface area contributed by atoms with Gasteiger partial charge in [-0.2, -0.15) is 0 Å². The van der Waals surface area contributed by atoms with Crippen molar-refractivity contribution in [2.45, 2.75) is 25.3 Å². The minimum Gasteiger partial charge on any atom is -0.450 e. The van der Waals surface area contributed by atoms with Crippen LogP contribution in [0.15, 0.2) is 51.7 Å². The van der Waals surface area contributed by atoms with Crippen molar-refractivity contribution in [1.29, 1.82) is 0 Å². The number of hydrogen-bond acceptors (Lipinski definition) is 7. The summed E-state index contributed by atoms with van der Waals surface area (Å²) < 4.78 is 5.98. The van der Waals surface area contributed by atoms with Crippen LogP contribution < -0.4 is 15.2 Å². The van der Waals surface area contributed by atoms with Gasteiger partial charge < -0.3 is 9.32 Å². The Labute approximate surface area is 202 Å². The maximum absolute atomic E-state index is 14.1. The molecule has 1 unspecified atom stereocenters. The quantitative estimate of drug-likeness (QED) is 0.414. The second-order valence-corrected chi connectivity index (χ2v) is 10.0. The van der Waals surface area contributed by atoms with E-state index in [9.17, 15) is 14.4 Å². The summed E-state index contributed by atoms with van der Waals surface area (Å²) in [6.45, 7) is 3.93. The molecule has 2 amide bonds. The summed E-state index contributed by atoms with van der Waals surface area (Å²) in [7, 11) is 1.62. The van der Waals surface area contributed by atoms with E-state index in [1.807, 2.05) is 13.8 Å². The fraction of sp³-hybridized carbons (Fsp3) is 0.208. The molecule has 2 aromatic heterocycles. The molecule has 0 saturated heterocycles. The van der Waals surface area contributed by atoms with Crippen molar-refractivity contribution in [3.05, 3.63) is 79.6 Å². The lowest BCUT2D eigenvalue weighted by Crippen LogP contribution is -2.53. The average Bonchev–Trinajstić information content (AvgIpc) is 3.46. The van der Waals surface area contributed by atoms with Gasteiger partial charge in [0.25, 0.3) is 11.8 Å². The molecule has 4 aromatic rings. The van der Waals surface area contributed by atoms with E-state index in [4.69, 9.17) is 16.0 Å². The molecule has 0 aliphatic carbocycles. The number of hydrogen-bond donors (Lipinski definition) is 0. The molecule has 0 fully saturated rings. The molecule has 6 rings (SSSR count). The van der Waals surface area contributed by atoms with Crippen molar-refractivity contribution in [1.82, 2.24) is 10.2 Å². The molecule has 1 atom stereocenters. The highest BCUT2D eigenvalue weighted by Crippen LogP contribution is 2.54. The highest BCUT2D eigenvalue weighted by Gasteiger charge is 2.66. The first kappa shape index (κ1) is 21.0. The fourth-order valence-electron chi connectivity index (χ4n) is 4.79. The zero-order chi connectivity index (χ0) is 23.9. The van der Waals surface area contributed by atoms with E-state index >= 15 is 0 Å². The maximum atomic E-state index is 14.1. The molecule has 8 nitrogen and oxygen atoms in total. The Kier molecular flexibility index (Phi) is 4.31. The molecule has 2 aromatic carbocycles. The third-order valence-electron chi connectivity index (χ3n) is 6.33. The highest BCUT2D eigenvalue weighted by molar-refractivity contribution is 7.15. The molecule has 0 saturated carbocycles. The van der Waals surface area contributed by atoms with Gasteiger partial charge in [-0.3, -0.25) is 19.3 Å². The summed E-state index contributed by atoms with van der Waals surface area (Å²) in [5.41, 5.74) is -0.965. The number of para-hydroxylation sites is 1. The third-order valence-corrected chi connectivity index (χ3v) is 7.78. The molecule has 2 aliphatic rings. The molecule has 2 aliphatic heterocycles. The molecule has 170 valence electrons. The number of nitrogens with zero attached hydrogens (tertiary/aromatic N) is 4. The van der Waals surface area contributed by atoms with Crippen molar-refractivity contribution in [2.75, 3.05) is 16.8 Å². The van der Waals surface area contributed by atoms with Crippen LogP contribution in [0.1, 0.15) is 46.5 Å². The predicted octanol–water partition coefficient (Wildman–Crippen LogP) is 4.30. The monoisotopic (exact) mass is 492 g/mol. The number of amides is 2. The molecule has 34 heavy (non-hydrogen) atoms. The van der Waals surface area contributed by atoms with Gasteiger partial charge in [-0.25, -0.2) is 0 Å². The molecule has 10 heteroatoms. The van der Waals surface area contributed by atoms with Gasteiger partial charge in [0.15, 0.2) is 11.0 Å². The summed E-state index contributed by atoms with van der Waals surface area (Å²) >= 11 is 7.37. The minimum atomic E-state index is -1.76. The summed E-state index contributed by atoms with van der Waals surface area (Å²) in [4.78, 5) is 44.6. The topological polar surface area (TPSA) is 96.6 Å². The van der Waals surface area contributed by atoms with Gasteiger partial charge in [0.1, 0.15) is 10.6 Å². The Bertz CT molecular complexity index is 1610. The molecule has 0 radical (unpaired) electrons. The molecular formula is C24H17ClN4O4S. The van der Waals surface area contributed by atoms with Crippen molar-refractivity contribution in [2.24, 2.45) is 0 Å². The number of likely N-dealkylation sites (N-methyl/N-ethyl adjacent to an activating group) is 1. The summed E-state index contributed by atoms with van der Waals surface area (Å²) in [6, 6.07) is 11.7. The molecule has 0 N–H and O–H groups in total. The van der Waals surface area contributed by atoms with Crippen LogP contribution in [0.25, 0.3) is 11.0 Å². The number of halogens is 1.